The predicted molar refractivity (Wildman–Crippen MR) is 47.7 cm³/mol. The number of rotatable bonds is 0. The summed E-state index contributed by atoms with van der Waals surface area (Å²) in [6, 6.07) is 3.47. The average molecular weight is 189 g/mol. The lowest BCUT2D eigenvalue weighted by Gasteiger charge is -2.21. The number of aromatic nitrogens is 1. The van der Waals surface area contributed by atoms with Gasteiger partial charge >= 0.3 is 0 Å². The second kappa shape index (κ2) is 3.00. The number of anilines is 1. The molecule has 1 atom stereocenters. The maximum Gasteiger partial charge on any atom is 0.265 e. The molecule has 1 aromatic heterocycles. The number of nitrogens with one attached hydrogen (secondary N) is 1. The zero-order valence-electron chi connectivity index (χ0n) is 7.44. The summed E-state index contributed by atoms with van der Waals surface area (Å²) in [5.41, 5.74) is 0.842. The maximum absolute atomic E-state index is 11.2. The van der Waals surface area contributed by atoms with Crippen molar-refractivity contribution in [3.63, 3.8) is 0 Å². The molecule has 1 N–H and O–H groups in total. The molecule has 70 valence electrons. The quantitative estimate of drug-likeness (QED) is 0.650. The number of carbonyl (C=O) groups is 1. The summed E-state index contributed by atoms with van der Waals surface area (Å²) in [5, 5.41) is 11.2. The Labute approximate surface area is 80.3 Å². The third-order valence-corrected chi connectivity index (χ3v) is 1.90. The van der Waals surface area contributed by atoms with Crippen LogP contribution >= 0.6 is 0 Å². The summed E-state index contributed by atoms with van der Waals surface area (Å²) < 4.78 is 5.21. The first-order valence-corrected chi connectivity index (χ1v) is 4.08. The van der Waals surface area contributed by atoms with Gasteiger partial charge in [-0.2, -0.15) is 5.26 Å². The molecular weight excluding hydrogens is 182 g/mol. The zero-order valence-corrected chi connectivity index (χ0v) is 7.44. The Morgan fingerprint density at radius 3 is 3.21 bits per heavy atom. The van der Waals surface area contributed by atoms with E-state index in [9.17, 15) is 4.79 Å². The van der Waals surface area contributed by atoms with Gasteiger partial charge in [-0.15, -0.1) is 0 Å². The fourth-order valence-corrected chi connectivity index (χ4v) is 1.15. The lowest BCUT2D eigenvalue weighted by Crippen LogP contribution is -2.34. The number of carbonyl (C=O) groups excluding carboxylic acids is 1. The summed E-state index contributed by atoms with van der Waals surface area (Å²) >= 11 is 0. The molecule has 0 radical (unpaired) electrons. The first-order chi connectivity index (χ1) is 6.70. The smallest absolute Gasteiger partial charge is 0.265 e. The van der Waals surface area contributed by atoms with Crippen molar-refractivity contribution in [2.45, 2.75) is 13.0 Å². The Kier molecular flexibility index (Phi) is 1.82. The Morgan fingerprint density at radius 1 is 1.71 bits per heavy atom. The molecule has 0 saturated heterocycles. The van der Waals surface area contributed by atoms with Gasteiger partial charge in [-0.3, -0.25) is 4.79 Å². The van der Waals surface area contributed by atoms with Crippen LogP contribution in [-0.2, 0) is 4.79 Å². The molecular formula is C9H7N3O2. The highest BCUT2D eigenvalue weighted by Crippen LogP contribution is 2.27. The number of hydrogen-bond acceptors (Lipinski definition) is 4. The van der Waals surface area contributed by atoms with Crippen molar-refractivity contribution in [2.24, 2.45) is 0 Å². The second-order valence-electron chi connectivity index (χ2n) is 2.94. The van der Waals surface area contributed by atoms with Crippen LogP contribution < -0.4 is 10.1 Å². The zero-order chi connectivity index (χ0) is 10.1. The highest BCUT2D eigenvalue weighted by Gasteiger charge is 2.24. The molecule has 1 aromatic rings. The van der Waals surface area contributed by atoms with E-state index in [0.29, 0.717) is 17.1 Å². The minimum Gasteiger partial charge on any atom is -0.463 e. The van der Waals surface area contributed by atoms with Crippen LogP contribution in [0.15, 0.2) is 12.3 Å². The van der Waals surface area contributed by atoms with Gasteiger partial charge in [0.15, 0.2) is 6.10 Å². The van der Waals surface area contributed by atoms with E-state index in [-0.39, 0.29) is 5.91 Å². The van der Waals surface area contributed by atoms with E-state index in [1.165, 1.54) is 12.3 Å². The topological polar surface area (TPSA) is 75.0 Å². The van der Waals surface area contributed by atoms with Crippen molar-refractivity contribution < 1.29 is 9.53 Å². The second-order valence-corrected chi connectivity index (χ2v) is 2.94. The van der Waals surface area contributed by atoms with Crippen LogP contribution in [0.25, 0.3) is 0 Å². The number of hydrogen-bond donors (Lipinski definition) is 1. The first kappa shape index (κ1) is 8.51. The largest absolute Gasteiger partial charge is 0.463 e. The summed E-state index contributed by atoms with van der Waals surface area (Å²) in [7, 11) is 0. The molecule has 2 heterocycles. The van der Waals surface area contributed by atoms with Gasteiger partial charge in [-0.1, -0.05) is 0 Å². The maximum atomic E-state index is 11.2. The molecule has 2 rings (SSSR count). The van der Waals surface area contributed by atoms with E-state index in [4.69, 9.17) is 10.00 Å². The van der Waals surface area contributed by atoms with Crippen molar-refractivity contribution >= 4 is 11.6 Å². The standard InChI is InChI=1S/C9H7N3O2/c1-5-8(13)12-7-2-6(3-10)4-11-9(7)14-5/h2,4-5H,1H3,(H,12,13). The van der Waals surface area contributed by atoms with E-state index < -0.39 is 6.10 Å². The normalized spacial score (nSPS) is 18.9. The summed E-state index contributed by atoms with van der Waals surface area (Å²) in [6.07, 6.45) is 0.867. The highest BCUT2D eigenvalue weighted by molar-refractivity contribution is 5.97. The van der Waals surface area contributed by atoms with Crippen molar-refractivity contribution in [3.05, 3.63) is 17.8 Å². The van der Waals surface area contributed by atoms with Gasteiger partial charge in [0.05, 0.1) is 5.56 Å². The van der Waals surface area contributed by atoms with Gasteiger partial charge in [0.2, 0.25) is 5.88 Å². The van der Waals surface area contributed by atoms with Gasteiger partial charge in [-0.05, 0) is 13.0 Å². The van der Waals surface area contributed by atoms with Gasteiger partial charge in [0.1, 0.15) is 11.8 Å². The van der Waals surface area contributed by atoms with Gasteiger partial charge in [0, 0.05) is 6.20 Å². The van der Waals surface area contributed by atoms with Crippen molar-refractivity contribution in [1.82, 2.24) is 4.98 Å². The Balaban J connectivity index is 2.44. The van der Waals surface area contributed by atoms with Crippen molar-refractivity contribution in [3.8, 4) is 11.9 Å². The molecule has 1 aliphatic rings. The van der Waals surface area contributed by atoms with Crippen LogP contribution in [0.5, 0.6) is 5.88 Å². The molecule has 0 saturated carbocycles. The molecule has 0 aromatic carbocycles. The highest BCUT2D eigenvalue weighted by atomic mass is 16.5. The number of fused-ring (bicyclic) bond motifs is 1. The van der Waals surface area contributed by atoms with Crippen molar-refractivity contribution in [2.75, 3.05) is 5.32 Å². The number of ether oxygens (including phenoxy) is 1. The van der Waals surface area contributed by atoms with E-state index in [1.807, 2.05) is 6.07 Å². The fourth-order valence-electron chi connectivity index (χ4n) is 1.15. The van der Waals surface area contributed by atoms with E-state index in [0.717, 1.165) is 0 Å². The van der Waals surface area contributed by atoms with Crippen LogP contribution in [0.2, 0.25) is 0 Å². The van der Waals surface area contributed by atoms with Crippen LogP contribution in [0.3, 0.4) is 0 Å². The summed E-state index contributed by atoms with van der Waals surface area (Å²) in [6.45, 7) is 1.64. The minimum absolute atomic E-state index is 0.227. The minimum atomic E-state index is -0.539. The Morgan fingerprint density at radius 2 is 2.50 bits per heavy atom. The molecule has 0 bridgehead atoms. The number of nitriles is 1. The molecule has 5 heteroatoms. The third-order valence-electron chi connectivity index (χ3n) is 1.90. The monoisotopic (exact) mass is 189 g/mol. The molecule has 5 nitrogen and oxygen atoms in total. The Hall–Kier alpha value is -2.09. The van der Waals surface area contributed by atoms with Gasteiger partial charge in [0.25, 0.3) is 5.91 Å². The molecule has 0 aliphatic carbocycles. The number of amides is 1. The van der Waals surface area contributed by atoms with Crippen LogP contribution in [0, 0.1) is 11.3 Å². The summed E-state index contributed by atoms with van der Waals surface area (Å²) in [4.78, 5) is 15.1. The lowest BCUT2D eigenvalue weighted by atomic mass is 10.2. The molecule has 0 spiro atoms. The third kappa shape index (κ3) is 1.27. The van der Waals surface area contributed by atoms with Crippen LogP contribution in [0.1, 0.15) is 12.5 Å². The van der Waals surface area contributed by atoms with E-state index >= 15 is 0 Å². The van der Waals surface area contributed by atoms with Crippen LogP contribution in [-0.4, -0.2) is 17.0 Å². The molecule has 14 heavy (non-hydrogen) atoms. The average Bonchev–Trinajstić information content (AvgIpc) is 2.19. The van der Waals surface area contributed by atoms with Gasteiger partial charge < -0.3 is 10.1 Å². The fraction of sp³-hybridized carbons (Fsp3) is 0.222. The molecule has 1 amide bonds. The van der Waals surface area contributed by atoms with Gasteiger partial charge in [-0.25, -0.2) is 4.98 Å². The van der Waals surface area contributed by atoms with E-state index in [2.05, 4.69) is 10.3 Å². The predicted octanol–water partition coefficient (Wildman–Crippen LogP) is 0.673. The number of nitrogens with zero attached hydrogens (tertiary/aromatic N) is 2. The van der Waals surface area contributed by atoms with Crippen molar-refractivity contribution in [1.29, 1.82) is 5.26 Å². The molecule has 1 unspecified atom stereocenters. The first-order valence-electron chi connectivity index (χ1n) is 4.08. The SMILES string of the molecule is CC1Oc2ncc(C#N)cc2NC1=O. The number of pyridine rings is 1. The van der Waals surface area contributed by atoms with E-state index in [1.54, 1.807) is 6.92 Å². The molecule has 0 fully saturated rings. The van der Waals surface area contributed by atoms with Crippen LogP contribution in [0.4, 0.5) is 5.69 Å². The summed E-state index contributed by atoms with van der Waals surface area (Å²) in [5.74, 6) is 0.130. The lowest BCUT2D eigenvalue weighted by molar-refractivity contribution is -0.122. The molecule has 1 aliphatic heterocycles. The Bertz CT molecular complexity index is 436.